The van der Waals surface area contributed by atoms with Crippen molar-refractivity contribution in [3.05, 3.63) is 234 Å². The number of fused-ring (bicyclic) bond motifs is 13. The molecule has 3 nitrogen and oxygen atoms in total. The van der Waals surface area contributed by atoms with E-state index in [0.717, 1.165) is 40.5 Å². The Morgan fingerprint density at radius 3 is 1.68 bits per heavy atom. The number of hydrogen-bond donors (Lipinski definition) is 0. The van der Waals surface area contributed by atoms with Crippen molar-refractivity contribution in [3.8, 4) is 0 Å². The van der Waals surface area contributed by atoms with Crippen molar-refractivity contribution >= 4 is 56.1 Å². The predicted molar refractivity (Wildman–Crippen MR) is 336 cm³/mol. The van der Waals surface area contributed by atoms with Gasteiger partial charge in [0.2, 0.25) is 0 Å². The van der Waals surface area contributed by atoms with Gasteiger partial charge in [0.25, 0.3) is 0 Å². The van der Waals surface area contributed by atoms with Crippen LogP contribution in [-0.2, 0) is 44.3 Å². The number of nitrogens with zero attached hydrogens (tertiary/aromatic N) is 2. The normalized spacial score (nSPS) is 20.5. The van der Waals surface area contributed by atoms with E-state index in [4.69, 9.17) is 4.42 Å². The second-order valence-corrected chi connectivity index (χ2v) is 29.7. The van der Waals surface area contributed by atoms with Crippen LogP contribution in [0.4, 0.5) is 28.4 Å². The van der Waals surface area contributed by atoms with Gasteiger partial charge in [-0.3, -0.25) is 0 Å². The van der Waals surface area contributed by atoms with Gasteiger partial charge in [0.15, 0.2) is 5.58 Å². The lowest BCUT2D eigenvalue weighted by atomic mass is 9.54. The SMILES string of the molecule is Cc1cc2c3c(c1)N(c1cccc4c1oc1ccccc14)c1cc4c(cc1C3C1=C(c3cc(C(C)(C)C)ccc3C1)N2c1ccc2c(c1)C(C)(C)CCC2(C)C)C(C)(C)c1cc2c(cc1C4(C)C)C(C)(C)c1ccccc1C2(C)C. The van der Waals surface area contributed by atoms with Gasteiger partial charge in [-0.05, 0) is 174 Å². The molecule has 80 heavy (non-hydrogen) atoms. The van der Waals surface area contributed by atoms with Crippen molar-refractivity contribution in [1.29, 1.82) is 0 Å². The van der Waals surface area contributed by atoms with Gasteiger partial charge in [0.05, 0.1) is 28.4 Å². The lowest BCUT2D eigenvalue weighted by molar-refractivity contribution is 0.332. The van der Waals surface area contributed by atoms with Crippen LogP contribution in [0.25, 0.3) is 27.6 Å². The monoisotopic (exact) mass is 1050 g/mol. The Morgan fingerprint density at radius 2 is 1.02 bits per heavy atom. The molecule has 3 heteroatoms. The van der Waals surface area contributed by atoms with Gasteiger partial charge in [0, 0.05) is 55.2 Å². The zero-order chi connectivity index (χ0) is 55.9. The number of rotatable bonds is 2. The van der Waals surface area contributed by atoms with Crippen LogP contribution in [0.3, 0.4) is 0 Å². The minimum atomic E-state index is -0.327. The van der Waals surface area contributed by atoms with E-state index in [1.807, 2.05) is 0 Å². The van der Waals surface area contributed by atoms with Crippen LogP contribution < -0.4 is 9.80 Å². The summed E-state index contributed by atoms with van der Waals surface area (Å²) in [5.74, 6) is -0.00293. The van der Waals surface area contributed by atoms with Crippen LogP contribution in [-0.4, -0.2) is 0 Å². The standard InChI is InChI=1S/C77H78N2O/c1-43-34-64-68-65(35-43)79(62-26-21-23-48-47-22-17-20-27-66(47)80-70(48)62)63-42-61-56(76(13,14)59-40-57-58(41-60(59)77(61,15)16)75(11,12)54-25-19-18-24-53(54)74(57,9)10)39-50(63)67(68)51-36-44-28-29-45(71(2,3)4)37-49(44)69(51)78(64)46-30-31-52-55(38-46)73(7,8)33-32-72(52,5)6/h17-31,34-35,37-42,67H,32-33,36H2,1-16H3. The first-order valence-electron chi connectivity index (χ1n) is 29.9. The maximum atomic E-state index is 7.11. The fourth-order valence-corrected chi connectivity index (χ4v) is 16.6. The number of benzene rings is 8. The van der Waals surface area contributed by atoms with Crippen LogP contribution in [0.2, 0.25) is 0 Å². The smallest absolute Gasteiger partial charge is 0.159 e. The molecule has 3 heterocycles. The molecule has 0 amide bonds. The molecule has 15 rings (SSSR count). The van der Waals surface area contributed by atoms with Crippen LogP contribution in [0.1, 0.15) is 212 Å². The molecule has 1 atom stereocenters. The zero-order valence-electron chi connectivity index (χ0n) is 50.3. The third kappa shape index (κ3) is 6.44. The second kappa shape index (κ2) is 15.7. The van der Waals surface area contributed by atoms with Gasteiger partial charge < -0.3 is 14.2 Å². The summed E-state index contributed by atoms with van der Waals surface area (Å²) in [7, 11) is 0. The van der Waals surface area contributed by atoms with E-state index in [0.29, 0.717) is 0 Å². The number of hydrogen-bond acceptors (Lipinski definition) is 3. The summed E-state index contributed by atoms with van der Waals surface area (Å²) in [4.78, 5) is 5.36. The van der Waals surface area contributed by atoms with Crippen LogP contribution >= 0.6 is 0 Å². The highest BCUT2D eigenvalue weighted by Gasteiger charge is 2.51. The average molecular weight is 1050 g/mol. The van der Waals surface area contributed by atoms with Crippen molar-refractivity contribution in [2.45, 2.75) is 174 Å². The molecule has 8 aromatic carbocycles. The minimum Gasteiger partial charge on any atom is -0.454 e. The predicted octanol–water partition coefficient (Wildman–Crippen LogP) is 20.5. The van der Waals surface area contributed by atoms with E-state index in [1.54, 1.807) is 0 Å². The molecule has 1 unspecified atom stereocenters. The molecule has 0 fully saturated rings. The van der Waals surface area contributed by atoms with Gasteiger partial charge >= 0.3 is 0 Å². The van der Waals surface area contributed by atoms with Crippen LogP contribution in [0, 0.1) is 6.92 Å². The number of aryl methyl sites for hydroxylation is 1. The summed E-state index contributed by atoms with van der Waals surface area (Å²) in [5, 5.41) is 2.28. The van der Waals surface area contributed by atoms with Crippen molar-refractivity contribution in [2.24, 2.45) is 0 Å². The maximum Gasteiger partial charge on any atom is 0.159 e. The molecule has 0 saturated carbocycles. The third-order valence-corrected chi connectivity index (χ3v) is 21.4. The molecule has 9 aromatic rings. The molecule has 402 valence electrons. The molecule has 4 aliphatic carbocycles. The van der Waals surface area contributed by atoms with Crippen molar-refractivity contribution in [1.82, 2.24) is 0 Å². The first kappa shape index (κ1) is 49.9. The van der Waals surface area contributed by atoms with Crippen molar-refractivity contribution in [3.63, 3.8) is 0 Å². The lowest BCUT2D eigenvalue weighted by Crippen LogP contribution is -2.41. The summed E-state index contributed by atoms with van der Waals surface area (Å²) in [6.07, 6.45) is 3.24. The van der Waals surface area contributed by atoms with Crippen molar-refractivity contribution in [2.75, 3.05) is 9.80 Å². The lowest BCUT2D eigenvalue weighted by Gasteiger charge is -2.50. The zero-order valence-corrected chi connectivity index (χ0v) is 50.3. The van der Waals surface area contributed by atoms with E-state index in [-0.39, 0.29) is 43.8 Å². The Morgan fingerprint density at radius 1 is 0.463 bits per heavy atom. The molecule has 0 N–H and O–H groups in total. The Kier molecular flexibility index (Phi) is 9.77. The summed E-state index contributed by atoms with van der Waals surface area (Å²) < 4.78 is 7.11. The van der Waals surface area contributed by atoms with E-state index in [9.17, 15) is 0 Å². The van der Waals surface area contributed by atoms with Gasteiger partial charge in [-0.15, -0.1) is 0 Å². The molecule has 0 saturated heterocycles. The maximum absolute atomic E-state index is 7.11. The van der Waals surface area contributed by atoms with Gasteiger partial charge in [-0.2, -0.15) is 0 Å². The minimum absolute atomic E-state index is 0.00293. The highest BCUT2D eigenvalue weighted by molar-refractivity contribution is 6.12. The van der Waals surface area contributed by atoms with Crippen LogP contribution in [0.5, 0.6) is 0 Å². The number of para-hydroxylation sites is 2. The molecule has 0 spiro atoms. The highest BCUT2D eigenvalue weighted by Crippen LogP contribution is 2.66. The Labute approximate surface area is 475 Å². The summed E-state index contributed by atoms with van der Waals surface area (Å²) in [5.41, 5.74) is 32.6. The fraction of sp³-hybridized carbons (Fsp3) is 0.351. The molecule has 0 radical (unpaired) electrons. The van der Waals surface area contributed by atoms with Gasteiger partial charge in [0.1, 0.15) is 5.58 Å². The topological polar surface area (TPSA) is 19.6 Å². The Bertz CT molecular complexity index is 4280. The molecule has 1 aromatic heterocycles. The van der Waals surface area contributed by atoms with Crippen molar-refractivity contribution < 1.29 is 4.42 Å². The van der Waals surface area contributed by atoms with Crippen LogP contribution in [0.15, 0.2) is 150 Å². The van der Waals surface area contributed by atoms with E-state index in [1.165, 1.54) is 129 Å². The molecular weight excluding hydrogens is 969 g/mol. The quantitative estimate of drug-likeness (QED) is 0.172. The molecule has 2 aliphatic heterocycles. The van der Waals surface area contributed by atoms with E-state index in [2.05, 4.69) is 260 Å². The first-order chi connectivity index (χ1) is 37.7. The second-order valence-electron chi connectivity index (χ2n) is 29.7. The number of furan rings is 1. The fourth-order valence-electron chi connectivity index (χ4n) is 16.6. The third-order valence-electron chi connectivity index (χ3n) is 21.4. The molecule has 0 bridgehead atoms. The first-order valence-corrected chi connectivity index (χ1v) is 29.9. The number of allylic oxidation sites excluding steroid dienone is 1. The highest BCUT2D eigenvalue weighted by atomic mass is 16.3. The summed E-state index contributed by atoms with van der Waals surface area (Å²) in [6, 6.07) is 55.4. The summed E-state index contributed by atoms with van der Waals surface area (Å²) >= 11 is 0. The molecule has 6 aliphatic rings. The Balaban J connectivity index is 1.05. The van der Waals surface area contributed by atoms with Gasteiger partial charge in [-0.1, -0.05) is 195 Å². The average Bonchev–Trinajstić information content (AvgIpc) is 4.17. The number of anilines is 5. The van der Waals surface area contributed by atoms with E-state index >= 15 is 0 Å². The summed E-state index contributed by atoms with van der Waals surface area (Å²) in [6.45, 7) is 39.2. The van der Waals surface area contributed by atoms with Gasteiger partial charge in [-0.25, -0.2) is 0 Å². The van der Waals surface area contributed by atoms with E-state index < -0.39 is 0 Å². The molecular formula is C77H78N2O. The largest absolute Gasteiger partial charge is 0.454 e. The Hall–Kier alpha value is -7.10.